The molecule has 0 heterocycles. The van der Waals surface area contributed by atoms with Gasteiger partial charge < -0.3 is 15.2 Å². The molecule has 0 aliphatic carbocycles. The molecule has 17 heavy (non-hydrogen) atoms. The number of nitrogens with two attached hydrogens (primary N) is 1. The van der Waals surface area contributed by atoms with Gasteiger partial charge in [-0.1, -0.05) is 20.8 Å². The van der Waals surface area contributed by atoms with Crippen LogP contribution in [0.2, 0.25) is 0 Å². The number of hydrogen-bond donors (Lipinski definition) is 1. The van der Waals surface area contributed by atoms with Crippen molar-refractivity contribution in [2.45, 2.75) is 72.1 Å². The monoisotopic (exact) mass is 245 g/mol. The van der Waals surface area contributed by atoms with E-state index in [1.54, 1.807) is 7.11 Å². The van der Waals surface area contributed by atoms with E-state index >= 15 is 0 Å². The SMILES string of the molecule is CCOC(C(N)CCC(C)(C)OC)C(C)(C)C. The Morgan fingerprint density at radius 3 is 2.00 bits per heavy atom. The van der Waals surface area contributed by atoms with Gasteiger partial charge in [-0.15, -0.1) is 0 Å². The van der Waals surface area contributed by atoms with Crippen LogP contribution in [0.15, 0.2) is 0 Å². The van der Waals surface area contributed by atoms with Gasteiger partial charge in [-0.2, -0.15) is 0 Å². The Labute approximate surface area is 107 Å². The molecule has 0 aromatic heterocycles. The molecule has 104 valence electrons. The molecule has 0 fully saturated rings. The van der Waals surface area contributed by atoms with Crippen molar-refractivity contribution in [2.24, 2.45) is 11.1 Å². The molecule has 2 unspecified atom stereocenters. The molecule has 0 aromatic carbocycles. The predicted octanol–water partition coefficient (Wildman–Crippen LogP) is 2.97. The van der Waals surface area contributed by atoms with Gasteiger partial charge in [-0.05, 0) is 39.0 Å². The average Bonchev–Trinajstić information content (AvgIpc) is 2.21. The lowest BCUT2D eigenvalue weighted by Gasteiger charge is -2.36. The van der Waals surface area contributed by atoms with Crippen molar-refractivity contribution in [1.29, 1.82) is 0 Å². The fourth-order valence-electron chi connectivity index (χ4n) is 1.96. The highest BCUT2D eigenvalue weighted by atomic mass is 16.5. The molecule has 0 rings (SSSR count). The molecule has 0 aromatic rings. The maximum Gasteiger partial charge on any atom is 0.0773 e. The number of ether oxygens (including phenoxy) is 2. The second-order valence-electron chi connectivity index (χ2n) is 6.41. The van der Waals surface area contributed by atoms with Crippen LogP contribution in [-0.4, -0.2) is 31.5 Å². The fourth-order valence-corrected chi connectivity index (χ4v) is 1.96. The fraction of sp³-hybridized carbons (Fsp3) is 1.00. The van der Waals surface area contributed by atoms with Crippen LogP contribution in [0.1, 0.15) is 54.4 Å². The molecule has 3 nitrogen and oxygen atoms in total. The molecular formula is C14H31NO2. The second-order valence-corrected chi connectivity index (χ2v) is 6.41. The van der Waals surface area contributed by atoms with Crippen LogP contribution in [-0.2, 0) is 9.47 Å². The molecule has 0 saturated carbocycles. The van der Waals surface area contributed by atoms with Crippen molar-refractivity contribution >= 4 is 0 Å². The molecule has 2 N–H and O–H groups in total. The number of rotatable bonds is 7. The van der Waals surface area contributed by atoms with Crippen molar-refractivity contribution in [3.05, 3.63) is 0 Å². The molecule has 0 aliphatic heterocycles. The van der Waals surface area contributed by atoms with Crippen LogP contribution in [0.3, 0.4) is 0 Å². The molecule has 0 bridgehead atoms. The Morgan fingerprint density at radius 2 is 1.65 bits per heavy atom. The summed E-state index contributed by atoms with van der Waals surface area (Å²) in [5, 5.41) is 0. The van der Waals surface area contributed by atoms with Crippen molar-refractivity contribution in [2.75, 3.05) is 13.7 Å². The minimum atomic E-state index is -0.105. The van der Waals surface area contributed by atoms with Gasteiger partial charge in [0.15, 0.2) is 0 Å². The van der Waals surface area contributed by atoms with Crippen molar-refractivity contribution in [3.63, 3.8) is 0 Å². The van der Waals surface area contributed by atoms with Gasteiger partial charge >= 0.3 is 0 Å². The zero-order valence-corrected chi connectivity index (χ0v) is 12.7. The zero-order chi connectivity index (χ0) is 13.7. The molecule has 3 heteroatoms. The molecule has 0 saturated heterocycles. The first kappa shape index (κ1) is 16.9. The molecular weight excluding hydrogens is 214 g/mol. The molecule has 0 spiro atoms. The van der Waals surface area contributed by atoms with E-state index in [4.69, 9.17) is 15.2 Å². The van der Waals surface area contributed by atoms with E-state index in [0.717, 1.165) is 12.8 Å². The Hall–Kier alpha value is -0.120. The Kier molecular flexibility index (Phi) is 6.67. The summed E-state index contributed by atoms with van der Waals surface area (Å²) in [5.41, 5.74) is 6.24. The Bertz CT molecular complexity index is 209. The highest BCUT2D eigenvalue weighted by molar-refractivity contribution is 4.85. The van der Waals surface area contributed by atoms with Crippen LogP contribution in [0.25, 0.3) is 0 Å². The minimum Gasteiger partial charge on any atom is -0.379 e. The first-order valence-electron chi connectivity index (χ1n) is 6.56. The summed E-state index contributed by atoms with van der Waals surface area (Å²) in [6.45, 7) is 13.4. The van der Waals surface area contributed by atoms with Gasteiger partial charge in [0.1, 0.15) is 0 Å². The lowest BCUT2D eigenvalue weighted by molar-refractivity contribution is -0.0384. The van der Waals surface area contributed by atoms with E-state index in [2.05, 4.69) is 34.6 Å². The topological polar surface area (TPSA) is 44.5 Å². The van der Waals surface area contributed by atoms with Gasteiger partial charge in [0.05, 0.1) is 11.7 Å². The highest BCUT2D eigenvalue weighted by Gasteiger charge is 2.31. The van der Waals surface area contributed by atoms with E-state index < -0.39 is 0 Å². The van der Waals surface area contributed by atoms with E-state index in [0.29, 0.717) is 6.61 Å². The maximum absolute atomic E-state index is 6.27. The lowest BCUT2D eigenvalue weighted by Crippen LogP contribution is -2.46. The third kappa shape index (κ3) is 6.39. The first-order valence-corrected chi connectivity index (χ1v) is 6.56. The van der Waals surface area contributed by atoms with E-state index in [9.17, 15) is 0 Å². The Morgan fingerprint density at radius 1 is 1.12 bits per heavy atom. The summed E-state index contributed by atoms with van der Waals surface area (Å²) in [7, 11) is 1.75. The lowest BCUT2D eigenvalue weighted by atomic mass is 9.82. The summed E-state index contributed by atoms with van der Waals surface area (Å²) in [5.74, 6) is 0. The van der Waals surface area contributed by atoms with Crippen LogP contribution >= 0.6 is 0 Å². The molecule has 0 aliphatic rings. The van der Waals surface area contributed by atoms with Crippen molar-refractivity contribution in [1.82, 2.24) is 0 Å². The standard InChI is InChI=1S/C14H31NO2/c1-8-17-12(13(2,3)4)11(15)9-10-14(5,6)16-7/h11-12H,8-10,15H2,1-7H3. The maximum atomic E-state index is 6.27. The van der Waals surface area contributed by atoms with Crippen LogP contribution < -0.4 is 5.73 Å². The summed E-state index contributed by atoms with van der Waals surface area (Å²) in [6, 6.07) is 0.0596. The molecule has 0 radical (unpaired) electrons. The van der Waals surface area contributed by atoms with E-state index in [-0.39, 0.29) is 23.2 Å². The first-order chi connectivity index (χ1) is 7.64. The van der Waals surface area contributed by atoms with Gasteiger partial charge in [0, 0.05) is 19.8 Å². The zero-order valence-electron chi connectivity index (χ0n) is 12.7. The normalized spacial score (nSPS) is 16.9. The number of hydrogen-bond acceptors (Lipinski definition) is 3. The quantitative estimate of drug-likeness (QED) is 0.750. The third-order valence-corrected chi connectivity index (χ3v) is 3.22. The van der Waals surface area contributed by atoms with Gasteiger partial charge in [-0.3, -0.25) is 0 Å². The van der Waals surface area contributed by atoms with Gasteiger partial charge in [0.25, 0.3) is 0 Å². The number of methoxy groups -OCH3 is 1. The minimum absolute atomic E-state index is 0.0596. The van der Waals surface area contributed by atoms with Crippen LogP contribution in [0.5, 0.6) is 0 Å². The average molecular weight is 245 g/mol. The third-order valence-electron chi connectivity index (χ3n) is 3.22. The predicted molar refractivity (Wildman–Crippen MR) is 73.2 cm³/mol. The molecule has 0 amide bonds. The van der Waals surface area contributed by atoms with Gasteiger partial charge in [-0.25, -0.2) is 0 Å². The van der Waals surface area contributed by atoms with Gasteiger partial charge in [0.2, 0.25) is 0 Å². The largest absolute Gasteiger partial charge is 0.379 e. The smallest absolute Gasteiger partial charge is 0.0773 e. The van der Waals surface area contributed by atoms with E-state index in [1.807, 2.05) is 6.92 Å². The summed E-state index contributed by atoms with van der Waals surface area (Å²) >= 11 is 0. The second kappa shape index (κ2) is 6.72. The van der Waals surface area contributed by atoms with Crippen LogP contribution in [0, 0.1) is 5.41 Å². The van der Waals surface area contributed by atoms with Crippen LogP contribution in [0.4, 0.5) is 0 Å². The summed E-state index contributed by atoms with van der Waals surface area (Å²) in [6.07, 6.45) is 1.97. The Balaban J connectivity index is 4.39. The van der Waals surface area contributed by atoms with E-state index in [1.165, 1.54) is 0 Å². The van der Waals surface area contributed by atoms with Crippen molar-refractivity contribution < 1.29 is 9.47 Å². The van der Waals surface area contributed by atoms with Crippen molar-refractivity contribution in [3.8, 4) is 0 Å². The summed E-state index contributed by atoms with van der Waals surface area (Å²) in [4.78, 5) is 0. The summed E-state index contributed by atoms with van der Waals surface area (Å²) < 4.78 is 11.2. The highest BCUT2D eigenvalue weighted by Crippen LogP contribution is 2.27. The molecule has 2 atom stereocenters.